The molecule has 1 atom stereocenters. The van der Waals surface area contributed by atoms with E-state index in [4.69, 9.17) is 8.92 Å². The van der Waals surface area contributed by atoms with Gasteiger partial charge in [-0.05, 0) is 57.0 Å². The minimum absolute atomic E-state index is 0.154. The van der Waals surface area contributed by atoms with E-state index in [1.807, 2.05) is 39.0 Å². The number of ether oxygens (including phenoxy) is 1. The molecule has 124 valence electrons. The zero-order valence-corrected chi connectivity index (χ0v) is 14.7. The van der Waals surface area contributed by atoms with Crippen LogP contribution in [0.15, 0.2) is 47.4 Å². The van der Waals surface area contributed by atoms with Crippen LogP contribution in [0.5, 0.6) is 5.75 Å². The Morgan fingerprint density at radius 2 is 1.65 bits per heavy atom. The van der Waals surface area contributed by atoms with Crippen LogP contribution in [0.4, 0.5) is 0 Å². The van der Waals surface area contributed by atoms with Gasteiger partial charge in [0, 0.05) is 0 Å². The molecule has 1 unspecified atom stereocenters. The van der Waals surface area contributed by atoms with E-state index in [0.717, 1.165) is 22.4 Å². The van der Waals surface area contributed by atoms with Crippen LogP contribution in [-0.2, 0) is 14.3 Å². The molecule has 0 saturated heterocycles. The molecule has 0 aromatic heterocycles. The molecule has 0 saturated carbocycles. The van der Waals surface area contributed by atoms with Crippen LogP contribution in [0.3, 0.4) is 0 Å². The summed E-state index contributed by atoms with van der Waals surface area (Å²) in [4.78, 5) is 0.154. The molecule has 0 fully saturated rings. The number of rotatable bonds is 6. The Labute approximate surface area is 138 Å². The number of aryl methyl sites for hydroxylation is 2. The van der Waals surface area contributed by atoms with Crippen molar-refractivity contribution >= 4 is 10.1 Å². The molecule has 0 amide bonds. The molecule has 5 heteroatoms. The van der Waals surface area contributed by atoms with Crippen molar-refractivity contribution in [2.75, 3.05) is 6.61 Å². The third kappa shape index (κ3) is 4.56. The number of hydrogen-bond acceptors (Lipinski definition) is 4. The van der Waals surface area contributed by atoms with Crippen molar-refractivity contribution in [2.45, 2.75) is 38.7 Å². The van der Waals surface area contributed by atoms with Gasteiger partial charge in [-0.2, -0.15) is 8.42 Å². The van der Waals surface area contributed by atoms with Gasteiger partial charge >= 0.3 is 0 Å². The Morgan fingerprint density at radius 1 is 1.00 bits per heavy atom. The van der Waals surface area contributed by atoms with Crippen LogP contribution >= 0.6 is 0 Å². The highest BCUT2D eigenvalue weighted by Gasteiger charge is 2.19. The van der Waals surface area contributed by atoms with Crippen molar-refractivity contribution in [3.8, 4) is 5.75 Å². The lowest BCUT2D eigenvalue weighted by molar-refractivity contribution is 0.148. The van der Waals surface area contributed by atoms with Crippen molar-refractivity contribution < 1.29 is 17.3 Å². The fraction of sp³-hybridized carbons (Fsp3) is 0.333. The maximum absolute atomic E-state index is 12.2. The van der Waals surface area contributed by atoms with Gasteiger partial charge in [0.15, 0.2) is 0 Å². The molecule has 23 heavy (non-hydrogen) atoms. The fourth-order valence-corrected chi connectivity index (χ4v) is 3.16. The van der Waals surface area contributed by atoms with Gasteiger partial charge in [0.1, 0.15) is 18.5 Å². The van der Waals surface area contributed by atoms with Gasteiger partial charge in [0.25, 0.3) is 10.1 Å². The van der Waals surface area contributed by atoms with Crippen molar-refractivity contribution in [1.82, 2.24) is 0 Å². The van der Waals surface area contributed by atoms with E-state index in [2.05, 4.69) is 0 Å². The predicted molar refractivity (Wildman–Crippen MR) is 90.3 cm³/mol. The molecule has 2 aromatic rings. The second kappa shape index (κ2) is 7.15. The SMILES string of the molecule is Cc1ccc(S(=O)(=O)OC(C)COc2cccc(C)c2C)cc1. The van der Waals surface area contributed by atoms with Crippen LogP contribution < -0.4 is 4.74 Å². The maximum Gasteiger partial charge on any atom is 0.297 e. The standard InChI is InChI=1S/C18H22O4S/c1-13-8-10-17(11-9-13)23(19,20)22-15(3)12-21-18-7-5-6-14(2)16(18)4/h5-11,15H,12H2,1-4H3. The summed E-state index contributed by atoms with van der Waals surface area (Å²) in [6, 6.07) is 12.4. The zero-order chi connectivity index (χ0) is 17.0. The third-order valence-corrected chi connectivity index (χ3v) is 5.06. The van der Waals surface area contributed by atoms with Gasteiger partial charge in [-0.25, -0.2) is 0 Å². The average molecular weight is 334 g/mol. The fourth-order valence-electron chi connectivity index (χ4n) is 2.09. The van der Waals surface area contributed by atoms with Crippen LogP contribution in [0, 0.1) is 20.8 Å². The Hall–Kier alpha value is -1.85. The van der Waals surface area contributed by atoms with Crippen molar-refractivity contribution in [1.29, 1.82) is 0 Å². The minimum atomic E-state index is -3.78. The summed E-state index contributed by atoms with van der Waals surface area (Å²) in [6.07, 6.45) is -0.582. The van der Waals surface area contributed by atoms with Gasteiger partial charge in [-0.15, -0.1) is 0 Å². The number of hydrogen-bond donors (Lipinski definition) is 0. The Morgan fingerprint density at radius 3 is 2.30 bits per heavy atom. The van der Waals surface area contributed by atoms with E-state index < -0.39 is 16.2 Å². The molecule has 0 heterocycles. The highest BCUT2D eigenvalue weighted by molar-refractivity contribution is 7.86. The number of benzene rings is 2. The van der Waals surface area contributed by atoms with E-state index in [0.29, 0.717) is 0 Å². The monoisotopic (exact) mass is 334 g/mol. The third-order valence-electron chi connectivity index (χ3n) is 3.63. The molecule has 0 radical (unpaired) electrons. The summed E-state index contributed by atoms with van der Waals surface area (Å²) < 4.78 is 35.3. The lowest BCUT2D eigenvalue weighted by atomic mass is 10.1. The highest BCUT2D eigenvalue weighted by atomic mass is 32.2. The molecule has 2 rings (SSSR count). The van der Waals surface area contributed by atoms with Crippen LogP contribution in [0.25, 0.3) is 0 Å². The van der Waals surface area contributed by atoms with Crippen LogP contribution in [0.1, 0.15) is 23.6 Å². The molecular formula is C18H22O4S. The van der Waals surface area contributed by atoms with Crippen molar-refractivity contribution in [3.05, 3.63) is 59.2 Å². The molecule has 0 bridgehead atoms. The first-order chi connectivity index (χ1) is 10.8. The van der Waals surface area contributed by atoms with E-state index in [1.54, 1.807) is 31.2 Å². The summed E-state index contributed by atoms with van der Waals surface area (Å²) in [5.74, 6) is 0.744. The first-order valence-electron chi connectivity index (χ1n) is 7.48. The molecule has 4 nitrogen and oxygen atoms in total. The Balaban J connectivity index is 2.00. The topological polar surface area (TPSA) is 52.6 Å². The first kappa shape index (κ1) is 17.5. The maximum atomic E-state index is 12.2. The Kier molecular flexibility index (Phi) is 5.44. The lowest BCUT2D eigenvalue weighted by Crippen LogP contribution is -2.22. The van der Waals surface area contributed by atoms with Gasteiger partial charge in [0.05, 0.1) is 4.90 Å². The lowest BCUT2D eigenvalue weighted by Gasteiger charge is -2.16. The largest absolute Gasteiger partial charge is 0.491 e. The summed E-state index contributed by atoms with van der Waals surface area (Å²) in [6.45, 7) is 7.72. The van der Waals surface area contributed by atoms with Crippen molar-refractivity contribution in [2.24, 2.45) is 0 Å². The quantitative estimate of drug-likeness (QED) is 0.754. The molecule has 0 aliphatic rings. The summed E-state index contributed by atoms with van der Waals surface area (Å²) in [5, 5.41) is 0. The second-order valence-electron chi connectivity index (χ2n) is 5.68. The molecule has 0 N–H and O–H groups in total. The van der Waals surface area contributed by atoms with Gasteiger partial charge in [-0.3, -0.25) is 4.18 Å². The van der Waals surface area contributed by atoms with Gasteiger partial charge < -0.3 is 4.74 Å². The Bertz CT molecular complexity index is 764. The molecule has 0 aliphatic carbocycles. The normalized spacial score (nSPS) is 12.9. The summed E-state index contributed by atoms with van der Waals surface area (Å²) in [7, 11) is -3.78. The van der Waals surface area contributed by atoms with Crippen LogP contribution in [-0.4, -0.2) is 21.1 Å². The summed E-state index contributed by atoms with van der Waals surface area (Å²) in [5.41, 5.74) is 3.17. The van der Waals surface area contributed by atoms with Crippen LogP contribution in [0.2, 0.25) is 0 Å². The molecule has 0 aliphatic heterocycles. The van der Waals surface area contributed by atoms with Gasteiger partial charge in [0.2, 0.25) is 0 Å². The average Bonchev–Trinajstić information content (AvgIpc) is 2.49. The summed E-state index contributed by atoms with van der Waals surface area (Å²) >= 11 is 0. The molecule has 2 aromatic carbocycles. The second-order valence-corrected chi connectivity index (χ2v) is 7.26. The predicted octanol–water partition coefficient (Wildman–Crippen LogP) is 3.78. The van der Waals surface area contributed by atoms with E-state index >= 15 is 0 Å². The van der Waals surface area contributed by atoms with Gasteiger partial charge in [-0.1, -0.05) is 29.8 Å². The minimum Gasteiger partial charge on any atom is -0.491 e. The molecule has 0 spiro atoms. The molecular weight excluding hydrogens is 312 g/mol. The van der Waals surface area contributed by atoms with E-state index in [9.17, 15) is 8.42 Å². The highest BCUT2D eigenvalue weighted by Crippen LogP contribution is 2.21. The first-order valence-corrected chi connectivity index (χ1v) is 8.89. The smallest absolute Gasteiger partial charge is 0.297 e. The van der Waals surface area contributed by atoms with Crippen molar-refractivity contribution in [3.63, 3.8) is 0 Å². The zero-order valence-electron chi connectivity index (χ0n) is 13.9. The van der Waals surface area contributed by atoms with E-state index in [-0.39, 0.29) is 11.5 Å². The van der Waals surface area contributed by atoms with E-state index in [1.165, 1.54) is 0 Å².